The SMILES string of the molecule is NC1N=Nc2nccc(=O)n21. The lowest BCUT2D eigenvalue weighted by Gasteiger charge is -2.01. The van der Waals surface area contributed by atoms with Crippen molar-refractivity contribution < 1.29 is 0 Å². The van der Waals surface area contributed by atoms with Crippen LogP contribution in [0.25, 0.3) is 0 Å². The van der Waals surface area contributed by atoms with Gasteiger partial charge in [-0.2, -0.15) is 0 Å². The highest BCUT2D eigenvalue weighted by molar-refractivity contribution is 5.17. The molecule has 1 unspecified atom stereocenters. The van der Waals surface area contributed by atoms with Crippen LogP contribution in [0.3, 0.4) is 0 Å². The van der Waals surface area contributed by atoms with Crippen molar-refractivity contribution in [2.24, 2.45) is 16.0 Å². The van der Waals surface area contributed by atoms with Crippen LogP contribution in [0.1, 0.15) is 6.29 Å². The molecule has 0 fully saturated rings. The fourth-order valence-corrected chi connectivity index (χ4v) is 0.894. The number of rotatable bonds is 0. The minimum atomic E-state index is -0.703. The van der Waals surface area contributed by atoms with Gasteiger partial charge in [-0.15, -0.1) is 10.2 Å². The highest BCUT2D eigenvalue weighted by atomic mass is 16.1. The Kier molecular flexibility index (Phi) is 1.10. The first-order valence-corrected chi connectivity index (χ1v) is 3.03. The van der Waals surface area contributed by atoms with Gasteiger partial charge >= 0.3 is 0 Å². The average molecular weight is 151 g/mol. The smallest absolute Gasteiger partial charge is 0.257 e. The quantitative estimate of drug-likeness (QED) is 0.555. The van der Waals surface area contributed by atoms with E-state index in [9.17, 15) is 4.79 Å². The maximum Gasteiger partial charge on any atom is 0.257 e. The van der Waals surface area contributed by atoms with Gasteiger partial charge in [0.1, 0.15) is 0 Å². The zero-order valence-corrected chi connectivity index (χ0v) is 5.51. The Labute approximate surface area is 61.4 Å². The standard InChI is InChI=1S/C5H5N5O/c6-4-8-9-5-7-2-1-3(11)10(4)5/h1-2,4H,6H2. The molecule has 56 valence electrons. The van der Waals surface area contributed by atoms with E-state index in [1.54, 1.807) is 0 Å². The second-order valence-electron chi connectivity index (χ2n) is 2.08. The second kappa shape index (κ2) is 1.96. The summed E-state index contributed by atoms with van der Waals surface area (Å²) < 4.78 is 1.22. The Morgan fingerprint density at radius 1 is 1.64 bits per heavy atom. The van der Waals surface area contributed by atoms with Gasteiger partial charge in [0.2, 0.25) is 6.29 Å². The molecular weight excluding hydrogens is 146 g/mol. The van der Waals surface area contributed by atoms with E-state index in [0.29, 0.717) is 0 Å². The van der Waals surface area contributed by atoms with Gasteiger partial charge in [-0.3, -0.25) is 10.5 Å². The highest BCUT2D eigenvalue weighted by Crippen LogP contribution is 2.17. The molecule has 0 aromatic carbocycles. The molecule has 1 aliphatic heterocycles. The van der Waals surface area contributed by atoms with E-state index in [1.807, 2.05) is 0 Å². The van der Waals surface area contributed by atoms with Crippen LogP contribution < -0.4 is 11.3 Å². The van der Waals surface area contributed by atoms with E-state index in [-0.39, 0.29) is 11.5 Å². The molecule has 0 radical (unpaired) electrons. The third kappa shape index (κ3) is 0.761. The molecule has 0 aliphatic carbocycles. The molecule has 0 saturated carbocycles. The molecule has 1 aromatic rings. The van der Waals surface area contributed by atoms with Crippen LogP contribution in [0.15, 0.2) is 27.3 Å². The van der Waals surface area contributed by atoms with Crippen molar-refractivity contribution in [1.29, 1.82) is 0 Å². The Morgan fingerprint density at radius 2 is 2.45 bits per heavy atom. The number of nitrogens with two attached hydrogens (primary N) is 1. The molecule has 0 saturated heterocycles. The van der Waals surface area contributed by atoms with E-state index in [4.69, 9.17) is 5.73 Å². The average Bonchev–Trinajstić information content (AvgIpc) is 2.34. The fraction of sp³-hybridized carbons (Fsp3) is 0.200. The Balaban J connectivity index is 2.75. The van der Waals surface area contributed by atoms with Crippen LogP contribution in [0, 0.1) is 0 Å². The minimum Gasteiger partial charge on any atom is -0.291 e. The Morgan fingerprint density at radius 3 is 3.18 bits per heavy atom. The van der Waals surface area contributed by atoms with Gasteiger partial charge in [-0.05, 0) is 0 Å². The summed E-state index contributed by atoms with van der Waals surface area (Å²) in [6.07, 6.45) is 0.678. The van der Waals surface area contributed by atoms with E-state index in [0.717, 1.165) is 0 Å². The molecule has 11 heavy (non-hydrogen) atoms. The van der Waals surface area contributed by atoms with Crippen molar-refractivity contribution in [2.75, 3.05) is 0 Å². The molecule has 2 rings (SSSR count). The second-order valence-corrected chi connectivity index (χ2v) is 2.08. The van der Waals surface area contributed by atoms with Crippen molar-refractivity contribution in [2.45, 2.75) is 6.29 Å². The number of nitrogens with zero attached hydrogens (tertiary/aromatic N) is 4. The molecule has 6 nitrogen and oxygen atoms in total. The lowest BCUT2D eigenvalue weighted by atomic mass is 10.6. The summed E-state index contributed by atoms with van der Waals surface area (Å²) in [6, 6.07) is 1.32. The lowest BCUT2D eigenvalue weighted by Crippen LogP contribution is -2.25. The molecule has 2 heterocycles. The summed E-state index contributed by atoms with van der Waals surface area (Å²) in [4.78, 5) is 14.8. The fourth-order valence-electron chi connectivity index (χ4n) is 0.894. The molecule has 0 spiro atoms. The van der Waals surface area contributed by atoms with Crippen LogP contribution in [-0.2, 0) is 0 Å². The van der Waals surface area contributed by atoms with E-state index in [2.05, 4.69) is 15.2 Å². The van der Waals surface area contributed by atoms with Gasteiger partial charge < -0.3 is 0 Å². The predicted molar refractivity (Wildman–Crippen MR) is 36.2 cm³/mol. The molecule has 0 amide bonds. The van der Waals surface area contributed by atoms with Crippen molar-refractivity contribution in [1.82, 2.24) is 9.55 Å². The molecule has 0 bridgehead atoms. The summed E-state index contributed by atoms with van der Waals surface area (Å²) >= 11 is 0. The van der Waals surface area contributed by atoms with Gasteiger partial charge in [0.15, 0.2) is 0 Å². The molecule has 1 atom stereocenters. The van der Waals surface area contributed by atoms with Gasteiger partial charge in [-0.1, -0.05) is 0 Å². The maximum absolute atomic E-state index is 11.0. The first kappa shape index (κ1) is 6.17. The van der Waals surface area contributed by atoms with Crippen LogP contribution in [0.5, 0.6) is 0 Å². The zero-order chi connectivity index (χ0) is 7.84. The largest absolute Gasteiger partial charge is 0.291 e. The summed E-state index contributed by atoms with van der Waals surface area (Å²) in [7, 11) is 0. The van der Waals surface area contributed by atoms with Gasteiger partial charge in [0.25, 0.3) is 11.5 Å². The third-order valence-electron chi connectivity index (χ3n) is 1.39. The van der Waals surface area contributed by atoms with Crippen LogP contribution in [0.2, 0.25) is 0 Å². The van der Waals surface area contributed by atoms with Crippen LogP contribution in [0.4, 0.5) is 5.95 Å². The van der Waals surface area contributed by atoms with Crippen LogP contribution >= 0.6 is 0 Å². The van der Waals surface area contributed by atoms with E-state index in [1.165, 1.54) is 16.8 Å². The number of azo groups is 1. The number of aromatic nitrogens is 2. The molecule has 1 aliphatic rings. The summed E-state index contributed by atoms with van der Waals surface area (Å²) in [5.41, 5.74) is 5.18. The van der Waals surface area contributed by atoms with Crippen molar-refractivity contribution in [3.8, 4) is 0 Å². The van der Waals surface area contributed by atoms with E-state index < -0.39 is 6.29 Å². The first-order valence-electron chi connectivity index (χ1n) is 3.03. The molecule has 2 N–H and O–H groups in total. The molecule has 6 heteroatoms. The van der Waals surface area contributed by atoms with Crippen molar-refractivity contribution >= 4 is 5.95 Å². The number of hydrogen-bond donors (Lipinski definition) is 1. The number of hydrogen-bond acceptors (Lipinski definition) is 5. The molecule has 1 aromatic heterocycles. The van der Waals surface area contributed by atoms with Gasteiger partial charge in [0.05, 0.1) is 0 Å². The Bertz CT molecular complexity index is 367. The molecular formula is C5H5N5O. The first-order chi connectivity index (χ1) is 5.29. The number of fused-ring (bicyclic) bond motifs is 1. The third-order valence-corrected chi connectivity index (χ3v) is 1.39. The van der Waals surface area contributed by atoms with Crippen LogP contribution in [-0.4, -0.2) is 9.55 Å². The van der Waals surface area contributed by atoms with Crippen molar-refractivity contribution in [3.63, 3.8) is 0 Å². The normalized spacial score (nSPS) is 20.3. The summed E-state index contributed by atoms with van der Waals surface area (Å²) in [5.74, 6) is 0.269. The van der Waals surface area contributed by atoms with E-state index >= 15 is 0 Å². The predicted octanol–water partition coefficient (Wildman–Crippen LogP) is -0.245. The van der Waals surface area contributed by atoms with Crippen molar-refractivity contribution in [3.05, 3.63) is 22.6 Å². The highest BCUT2D eigenvalue weighted by Gasteiger charge is 2.16. The summed E-state index contributed by atoms with van der Waals surface area (Å²) in [6.45, 7) is 0. The Hall–Kier alpha value is -1.56. The van der Waals surface area contributed by atoms with Gasteiger partial charge in [0, 0.05) is 12.3 Å². The zero-order valence-electron chi connectivity index (χ0n) is 5.51. The lowest BCUT2D eigenvalue weighted by molar-refractivity contribution is 0.551. The summed E-state index contributed by atoms with van der Waals surface area (Å²) in [5, 5.41) is 7.16. The minimum absolute atomic E-state index is 0.229. The topological polar surface area (TPSA) is 85.6 Å². The van der Waals surface area contributed by atoms with Gasteiger partial charge in [-0.25, -0.2) is 9.55 Å². The maximum atomic E-state index is 11.0. The monoisotopic (exact) mass is 151 g/mol.